The molecule has 0 radical (unpaired) electrons. The lowest BCUT2D eigenvalue weighted by Gasteiger charge is -2.24. The number of benzene rings is 1. The second-order valence-corrected chi connectivity index (χ2v) is 8.56. The van der Waals surface area contributed by atoms with Crippen LogP contribution in [0.25, 0.3) is 11.2 Å². The molecule has 1 saturated heterocycles. The standard InChI is InChI=1S/C23H30N6O/c1-15-13-17(16-5-3-2-4-6-16)7-8-19(15)27-23-28-21-20(24-14-25-21)22(29-23)26-18-9-11-30-12-10-18/h7-8,13-14,16,18H,2-6,9-12H2,1H3,(H3,24,25,26,27,28,29). The van der Waals surface area contributed by atoms with Gasteiger partial charge in [-0.3, -0.25) is 0 Å². The number of aryl methyl sites for hydroxylation is 1. The minimum atomic E-state index is 0.351. The molecule has 1 aliphatic heterocycles. The maximum atomic E-state index is 5.47. The average molecular weight is 407 g/mol. The maximum absolute atomic E-state index is 5.47. The first kappa shape index (κ1) is 19.3. The summed E-state index contributed by atoms with van der Waals surface area (Å²) in [7, 11) is 0. The number of ether oxygens (including phenoxy) is 1. The van der Waals surface area contributed by atoms with Gasteiger partial charge in [-0.05, 0) is 55.7 Å². The second kappa shape index (κ2) is 8.60. The van der Waals surface area contributed by atoms with Crippen LogP contribution in [0.3, 0.4) is 0 Å². The van der Waals surface area contributed by atoms with E-state index in [-0.39, 0.29) is 0 Å². The van der Waals surface area contributed by atoms with Crippen molar-refractivity contribution >= 4 is 28.6 Å². The van der Waals surface area contributed by atoms with Crippen LogP contribution in [0.1, 0.15) is 62.0 Å². The molecule has 30 heavy (non-hydrogen) atoms. The summed E-state index contributed by atoms with van der Waals surface area (Å²) in [4.78, 5) is 16.9. The van der Waals surface area contributed by atoms with Crippen LogP contribution < -0.4 is 10.6 Å². The van der Waals surface area contributed by atoms with Gasteiger partial charge in [0, 0.05) is 24.9 Å². The van der Waals surface area contributed by atoms with Gasteiger partial charge in [-0.2, -0.15) is 9.97 Å². The number of aromatic nitrogens is 4. The van der Waals surface area contributed by atoms with Gasteiger partial charge in [-0.1, -0.05) is 31.4 Å². The summed E-state index contributed by atoms with van der Waals surface area (Å²) in [6.45, 7) is 3.72. The number of fused-ring (bicyclic) bond motifs is 1. The molecule has 7 heteroatoms. The van der Waals surface area contributed by atoms with Crippen molar-refractivity contribution in [3.8, 4) is 0 Å². The van der Waals surface area contributed by atoms with Crippen LogP contribution in [0, 0.1) is 6.92 Å². The number of hydrogen-bond donors (Lipinski definition) is 3. The molecule has 5 rings (SSSR count). The van der Waals surface area contributed by atoms with Gasteiger partial charge in [0.05, 0.1) is 6.33 Å². The zero-order valence-electron chi connectivity index (χ0n) is 17.6. The largest absolute Gasteiger partial charge is 0.381 e. The van der Waals surface area contributed by atoms with Gasteiger partial charge >= 0.3 is 0 Å². The highest BCUT2D eigenvalue weighted by Crippen LogP contribution is 2.34. The Bertz CT molecular complexity index is 1000. The van der Waals surface area contributed by atoms with Crippen LogP contribution in [-0.4, -0.2) is 39.2 Å². The summed E-state index contributed by atoms with van der Waals surface area (Å²) in [5, 5.41) is 6.98. The Morgan fingerprint density at radius 3 is 2.67 bits per heavy atom. The van der Waals surface area contributed by atoms with Crippen LogP contribution >= 0.6 is 0 Å². The fraction of sp³-hybridized carbons (Fsp3) is 0.522. The second-order valence-electron chi connectivity index (χ2n) is 8.56. The number of imidazole rings is 1. The Morgan fingerprint density at radius 2 is 1.87 bits per heavy atom. The smallest absolute Gasteiger partial charge is 0.231 e. The zero-order valence-corrected chi connectivity index (χ0v) is 17.6. The molecule has 0 spiro atoms. The lowest BCUT2D eigenvalue weighted by Crippen LogP contribution is -2.28. The SMILES string of the molecule is Cc1cc(C2CCCCC2)ccc1Nc1nc(NC2CCOCC2)c2[nH]cnc2n1. The van der Waals surface area contributed by atoms with E-state index in [0.29, 0.717) is 23.6 Å². The summed E-state index contributed by atoms with van der Waals surface area (Å²) >= 11 is 0. The van der Waals surface area contributed by atoms with Crippen LogP contribution in [-0.2, 0) is 4.74 Å². The fourth-order valence-electron chi connectivity index (χ4n) is 4.67. The minimum absolute atomic E-state index is 0.351. The van der Waals surface area contributed by atoms with E-state index in [1.54, 1.807) is 6.33 Å². The topological polar surface area (TPSA) is 87.8 Å². The van der Waals surface area contributed by atoms with Crippen molar-refractivity contribution in [1.29, 1.82) is 0 Å². The Labute approximate surface area is 177 Å². The third kappa shape index (κ3) is 4.12. The van der Waals surface area contributed by atoms with Crippen molar-refractivity contribution in [1.82, 2.24) is 19.9 Å². The quantitative estimate of drug-likeness (QED) is 0.550. The summed E-state index contributed by atoms with van der Waals surface area (Å²) < 4.78 is 5.47. The number of aromatic amines is 1. The summed E-state index contributed by atoms with van der Waals surface area (Å²) in [5.74, 6) is 2.07. The van der Waals surface area contributed by atoms with E-state index >= 15 is 0 Å². The van der Waals surface area contributed by atoms with E-state index < -0.39 is 0 Å². The molecule has 0 unspecified atom stereocenters. The first-order chi connectivity index (χ1) is 14.8. The molecule has 0 atom stereocenters. The first-order valence-corrected chi connectivity index (χ1v) is 11.2. The van der Waals surface area contributed by atoms with Gasteiger partial charge in [0.15, 0.2) is 11.5 Å². The summed E-state index contributed by atoms with van der Waals surface area (Å²) in [6.07, 6.45) is 10.3. The predicted octanol–water partition coefficient (Wildman–Crippen LogP) is 5.04. The number of hydrogen-bond acceptors (Lipinski definition) is 6. The number of rotatable bonds is 5. The third-order valence-corrected chi connectivity index (χ3v) is 6.42. The molecule has 2 aliphatic rings. The Kier molecular flexibility index (Phi) is 5.53. The Balaban J connectivity index is 1.38. The zero-order chi connectivity index (χ0) is 20.3. The minimum Gasteiger partial charge on any atom is -0.381 e. The van der Waals surface area contributed by atoms with Gasteiger partial charge in [-0.25, -0.2) is 4.98 Å². The van der Waals surface area contributed by atoms with E-state index in [1.807, 2.05) is 0 Å². The monoisotopic (exact) mass is 406 g/mol. The van der Waals surface area contributed by atoms with Crippen molar-refractivity contribution in [2.24, 2.45) is 0 Å². The number of nitrogens with zero attached hydrogens (tertiary/aromatic N) is 3. The number of H-pyrrole nitrogens is 1. The van der Waals surface area contributed by atoms with Crippen molar-refractivity contribution in [2.75, 3.05) is 23.8 Å². The maximum Gasteiger partial charge on any atom is 0.231 e. The molecule has 158 valence electrons. The molecule has 0 bridgehead atoms. The molecule has 0 amide bonds. The van der Waals surface area contributed by atoms with Crippen LogP contribution in [0.5, 0.6) is 0 Å². The summed E-state index contributed by atoms with van der Waals surface area (Å²) in [6, 6.07) is 7.11. The molecule has 3 heterocycles. The van der Waals surface area contributed by atoms with Crippen molar-refractivity contribution in [2.45, 2.75) is 63.8 Å². The van der Waals surface area contributed by atoms with Gasteiger partial charge in [0.1, 0.15) is 5.52 Å². The Morgan fingerprint density at radius 1 is 1.03 bits per heavy atom. The van der Waals surface area contributed by atoms with Crippen molar-refractivity contribution in [3.63, 3.8) is 0 Å². The average Bonchev–Trinajstić information content (AvgIpc) is 3.26. The molecule has 1 aliphatic carbocycles. The lowest BCUT2D eigenvalue weighted by atomic mass is 9.83. The molecular weight excluding hydrogens is 376 g/mol. The van der Waals surface area contributed by atoms with Crippen molar-refractivity contribution < 1.29 is 4.74 Å². The highest BCUT2D eigenvalue weighted by Gasteiger charge is 2.19. The predicted molar refractivity (Wildman–Crippen MR) is 119 cm³/mol. The van der Waals surface area contributed by atoms with Crippen molar-refractivity contribution in [3.05, 3.63) is 35.7 Å². The highest BCUT2D eigenvalue weighted by molar-refractivity contribution is 5.84. The van der Waals surface area contributed by atoms with Crippen LogP contribution in [0.15, 0.2) is 24.5 Å². The van der Waals surface area contributed by atoms with E-state index in [9.17, 15) is 0 Å². The lowest BCUT2D eigenvalue weighted by molar-refractivity contribution is 0.0904. The van der Waals surface area contributed by atoms with E-state index in [1.165, 1.54) is 43.2 Å². The van der Waals surface area contributed by atoms with Crippen LogP contribution in [0.4, 0.5) is 17.5 Å². The number of anilines is 3. The molecule has 2 aromatic heterocycles. The van der Waals surface area contributed by atoms with E-state index in [2.05, 4.69) is 50.7 Å². The van der Waals surface area contributed by atoms with Gasteiger partial charge < -0.3 is 20.4 Å². The third-order valence-electron chi connectivity index (χ3n) is 6.42. The fourth-order valence-corrected chi connectivity index (χ4v) is 4.67. The Hall–Kier alpha value is -2.67. The van der Waals surface area contributed by atoms with Gasteiger partial charge in [0.25, 0.3) is 0 Å². The van der Waals surface area contributed by atoms with Gasteiger partial charge in [-0.15, -0.1) is 0 Å². The number of nitrogens with one attached hydrogen (secondary N) is 3. The van der Waals surface area contributed by atoms with Crippen LogP contribution in [0.2, 0.25) is 0 Å². The molecule has 3 N–H and O–H groups in total. The van der Waals surface area contributed by atoms with E-state index in [4.69, 9.17) is 9.72 Å². The summed E-state index contributed by atoms with van der Waals surface area (Å²) in [5.41, 5.74) is 5.24. The molecule has 1 saturated carbocycles. The van der Waals surface area contributed by atoms with Gasteiger partial charge in [0.2, 0.25) is 5.95 Å². The molecule has 2 fully saturated rings. The first-order valence-electron chi connectivity index (χ1n) is 11.2. The molecule has 7 nitrogen and oxygen atoms in total. The highest BCUT2D eigenvalue weighted by atomic mass is 16.5. The van der Waals surface area contributed by atoms with E-state index in [0.717, 1.165) is 43.1 Å². The molecule has 1 aromatic carbocycles. The normalized spacial score (nSPS) is 18.6. The molecular formula is C23H30N6O. The molecule has 3 aromatic rings.